The van der Waals surface area contributed by atoms with E-state index >= 15 is 0 Å². The zero-order valence-electron chi connectivity index (χ0n) is 11.3. The molecule has 1 aromatic rings. The van der Waals surface area contributed by atoms with Crippen molar-refractivity contribution in [2.45, 2.75) is 39.5 Å². The largest absolute Gasteiger partial charge is 0.368 e. The van der Waals surface area contributed by atoms with Gasteiger partial charge >= 0.3 is 0 Å². The van der Waals surface area contributed by atoms with Crippen molar-refractivity contribution in [3.05, 3.63) is 11.8 Å². The molecule has 1 amide bonds. The number of hydrogen-bond donors (Lipinski definition) is 1. The minimum atomic E-state index is -0.300. The summed E-state index contributed by atoms with van der Waals surface area (Å²) < 4.78 is 4.89. The number of nitrogens with zero attached hydrogens (tertiary/aromatic N) is 2. The van der Waals surface area contributed by atoms with E-state index in [0.29, 0.717) is 11.8 Å². The molecule has 0 radical (unpaired) electrons. The van der Waals surface area contributed by atoms with E-state index < -0.39 is 0 Å². The molecule has 0 aromatic carbocycles. The topological polar surface area (TPSA) is 72.4 Å². The first-order chi connectivity index (χ1) is 8.38. The molecule has 0 spiro atoms. The highest BCUT2D eigenvalue weighted by Crippen LogP contribution is 2.30. The fourth-order valence-corrected chi connectivity index (χ4v) is 2.35. The van der Waals surface area contributed by atoms with Crippen molar-refractivity contribution >= 4 is 11.8 Å². The van der Waals surface area contributed by atoms with Crippen LogP contribution in [0.25, 0.3) is 0 Å². The van der Waals surface area contributed by atoms with E-state index in [-0.39, 0.29) is 11.3 Å². The number of amides is 1. The Bertz CT molecular complexity index is 426. The van der Waals surface area contributed by atoms with E-state index in [9.17, 15) is 4.79 Å². The maximum Gasteiger partial charge on any atom is 0.227 e. The highest BCUT2D eigenvalue weighted by Gasteiger charge is 2.31. The predicted molar refractivity (Wildman–Crippen MR) is 68.9 cm³/mol. The number of piperidine rings is 1. The van der Waals surface area contributed by atoms with Gasteiger partial charge in [0.05, 0.1) is 5.69 Å². The smallest absolute Gasteiger partial charge is 0.227 e. The van der Waals surface area contributed by atoms with Crippen LogP contribution < -0.4 is 5.73 Å². The number of aromatic nitrogens is 1. The average Bonchev–Trinajstić information content (AvgIpc) is 2.74. The fourth-order valence-electron chi connectivity index (χ4n) is 2.35. The molecule has 1 fully saturated rings. The molecular formula is C13H21N3O2. The third kappa shape index (κ3) is 2.66. The lowest BCUT2D eigenvalue weighted by molar-refractivity contribution is -0.140. The highest BCUT2D eigenvalue weighted by molar-refractivity contribution is 5.81. The van der Waals surface area contributed by atoms with Crippen LogP contribution >= 0.6 is 0 Å². The van der Waals surface area contributed by atoms with Gasteiger partial charge in [-0.25, -0.2) is 0 Å². The molecule has 5 heteroatoms. The van der Waals surface area contributed by atoms with E-state index in [4.69, 9.17) is 10.3 Å². The van der Waals surface area contributed by atoms with Crippen molar-refractivity contribution < 1.29 is 9.32 Å². The van der Waals surface area contributed by atoms with Gasteiger partial charge in [-0.3, -0.25) is 4.79 Å². The summed E-state index contributed by atoms with van der Waals surface area (Å²) in [5.74, 6) is 0.939. The zero-order chi connectivity index (χ0) is 13.3. The van der Waals surface area contributed by atoms with Crippen LogP contribution in [0.5, 0.6) is 0 Å². The first-order valence-electron chi connectivity index (χ1n) is 6.39. The SMILES string of the molecule is CC(C)(C)C(=O)N1CCC(c2cc(N)on2)CC1. The Morgan fingerprint density at radius 3 is 2.50 bits per heavy atom. The zero-order valence-corrected chi connectivity index (χ0v) is 11.3. The first kappa shape index (κ1) is 12.9. The second kappa shape index (κ2) is 4.63. The number of nitrogens with two attached hydrogens (primary N) is 1. The Hall–Kier alpha value is -1.52. The number of carbonyl (C=O) groups is 1. The van der Waals surface area contributed by atoms with Crippen LogP contribution in [0.4, 0.5) is 5.88 Å². The lowest BCUT2D eigenvalue weighted by Gasteiger charge is -2.35. The molecule has 1 aliphatic heterocycles. The van der Waals surface area contributed by atoms with E-state index in [1.165, 1.54) is 0 Å². The van der Waals surface area contributed by atoms with E-state index in [0.717, 1.165) is 31.6 Å². The molecule has 2 rings (SSSR count). The second-order valence-corrected chi connectivity index (χ2v) is 5.97. The summed E-state index contributed by atoms with van der Waals surface area (Å²) >= 11 is 0. The van der Waals surface area contributed by atoms with Crippen molar-refractivity contribution in [3.63, 3.8) is 0 Å². The lowest BCUT2D eigenvalue weighted by Crippen LogP contribution is -2.43. The molecule has 0 unspecified atom stereocenters. The minimum absolute atomic E-state index is 0.223. The van der Waals surface area contributed by atoms with Crippen molar-refractivity contribution in [1.82, 2.24) is 10.1 Å². The van der Waals surface area contributed by atoms with Gasteiger partial charge in [0.25, 0.3) is 0 Å². The lowest BCUT2D eigenvalue weighted by atomic mass is 9.90. The molecule has 2 heterocycles. The summed E-state index contributed by atoms with van der Waals surface area (Å²) in [6, 6.07) is 1.78. The number of carbonyl (C=O) groups excluding carboxylic acids is 1. The molecular weight excluding hydrogens is 230 g/mol. The van der Waals surface area contributed by atoms with Crippen LogP contribution in [0.3, 0.4) is 0 Å². The number of likely N-dealkylation sites (tertiary alicyclic amines) is 1. The van der Waals surface area contributed by atoms with Gasteiger partial charge in [-0.05, 0) is 12.8 Å². The molecule has 0 bridgehead atoms. The average molecular weight is 251 g/mol. The van der Waals surface area contributed by atoms with Crippen LogP contribution in [0.15, 0.2) is 10.6 Å². The first-order valence-corrected chi connectivity index (χ1v) is 6.39. The molecule has 0 atom stereocenters. The molecule has 18 heavy (non-hydrogen) atoms. The van der Waals surface area contributed by atoms with Gasteiger partial charge in [0.15, 0.2) is 0 Å². The maximum absolute atomic E-state index is 12.1. The Morgan fingerprint density at radius 2 is 2.06 bits per heavy atom. The van der Waals surface area contributed by atoms with Crippen molar-refractivity contribution in [2.75, 3.05) is 18.8 Å². The number of rotatable bonds is 1. The van der Waals surface area contributed by atoms with E-state index in [2.05, 4.69) is 5.16 Å². The highest BCUT2D eigenvalue weighted by atomic mass is 16.5. The number of anilines is 1. The molecule has 0 aliphatic carbocycles. The van der Waals surface area contributed by atoms with Crippen LogP contribution in [0.2, 0.25) is 0 Å². The maximum atomic E-state index is 12.1. The summed E-state index contributed by atoms with van der Waals surface area (Å²) in [7, 11) is 0. The van der Waals surface area contributed by atoms with Crippen molar-refractivity contribution in [2.24, 2.45) is 5.41 Å². The molecule has 100 valence electrons. The Kier molecular flexibility index (Phi) is 3.32. The number of hydrogen-bond acceptors (Lipinski definition) is 4. The molecule has 5 nitrogen and oxygen atoms in total. The quantitative estimate of drug-likeness (QED) is 0.828. The van der Waals surface area contributed by atoms with Gasteiger partial charge in [0.2, 0.25) is 11.8 Å². The Morgan fingerprint density at radius 1 is 1.44 bits per heavy atom. The normalized spacial score (nSPS) is 18.1. The molecule has 0 saturated carbocycles. The fraction of sp³-hybridized carbons (Fsp3) is 0.692. The van der Waals surface area contributed by atoms with Gasteiger partial charge in [0.1, 0.15) is 0 Å². The minimum Gasteiger partial charge on any atom is -0.368 e. The van der Waals surface area contributed by atoms with Crippen LogP contribution in [-0.2, 0) is 4.79 Å². The van der Waals surface area contributed by atoms with Crippen LogP contribution in [0.1, 0.15) is 45.2 Å². The van der Waals surface area contributed by atoms with Gasteiger partial charge in [0, 0.05) is 30.5 Å². The van der Waals surface area contributed by atoms with Gasteiger partial charge in [-0.1, -0.05) is 25.9 Å². The summed E-state index contributed by atoms with van der Waals surface area (Å²) in [6.45, 7) is 7.44. The van der Waals surface area contributed by atoms with Gasteiger partial charge in [-0.15, -0.1) is 0 Å². The third-order valence-electron chi connectivity index (χ3n) is 3.39. The summed E-state index contributed by atoms with van der Waals surface area (Å²) in [5.41, 5.74) is 6.14. The predicted octanol–water partition coefficient (Wildman–Crippen LogP) is 2.01. The van der Waals surface area contributed by atoms with Crippen LogP contribution in [-0.4, -0.2) is 29.1 Å². The van der Waals surface area contributed by atoms with Gasteiger partial charge in [-0.2, -0.15) is 0 Å². The standard InChI is InChI=1S/C13H21N3O2/c1-13(2,3)12(17)16-6-4-9(5-7-16)10-8-11(14)18-15-10/h8-9H,4-7,14H2,1-3H3. The summed E-state index contributed by atoms with van der Waals surface area (Å²) in [5, 5.41) is 3.95. The van der Waals surface area contributed by atoms with Gasteiger partial charge < -0.3 is 15.2 Å². The van der Waals surface area contributed by atoms with Crippen molar-refractivity contribution in [3.8, 4) is 0 Å². The summed E-state index contributed by atoms with van der Waals surface area (Å²) in [6.07, 6.45) is 1.85. The second-order valence-electron chi connectivity index (χ2n) is 5.97. The van der Waals surface area contributed by atoms with Crippen LogP contribution in [0, 0.1) is 5.41 Å². The number of nitrogen functional groups attached to an aromatic ring is 1. The van der Waals surface area contributed by atoms with E-state index in [1.807, 2.05) is 25.7 Å². The van der Waals surface area contributed by atoms with E-state index in [1.54, 1.807) is 6.07 Å². The molecule has 1 aromatic heterocycles. The molecule has 2 N–H and O–H groups in total. The molecule has 1 saturated heterocycles. The van der Waals surface area contributed by atoms with Crippen molar-refractivity contribution in [1.29, 1.82) is 0 Å². The summed E-state index contributed by atoms with van der Waals surface area (Å²) in [4.78, 5) is 14.1. The monoisotopic (exact) mass is 251 g/mol. The third-order valence-corrected chi connectivity index (χ3v) is 3.39. The Balaban J connectivity index is 1.94. The molecule has 1 aliphatic rings. The Labute approximate surface area is 107 Å².